The Balaban J connectivity index is 2.16. The highest BCUT2D eigenvalue weighted by atomic mass is 35.5. The van der Waals surface area contributed by atoms with E-state index in [1.54, 1.807) is 17.8 Å². The first-order valence-corrected chi connectivity index (χ1v) is 9.22. The van der Waals surface area contributed by atoms with Gasteiger partial charge in [0, 0.05) is 31.0 Å². The number of amides is 1. The van der Waals surface area contributed by atoms with E-state index < -0.39 is 0 Å². The Bertz CT molecular complexity index is 483. The van der Waals surface area contributed by atoms with Crippen LogP contribution in [0.1, 0.15) is 18.9 Å². The van der Waals surface area contributed by atoms with E-state index in [1.807, 2.05) is 26.2 Å². The van der Waals surface area contributed by atoms with Gasteiger partial charge in [-0.05, 0) is 37.7 Å². The predicted octanol–water partition coefficient (Wildman–Crippen LogP) is 3.93. The number of carbonyl (C=O) groups is 1. The van der Waals surface area contributed by atoms with Crippen molar-refractivity contribution in [2.24, 2.45) is 5.92 Å². The van der Waals surface area contributed by atoms with Gasteiger partial charge in [0.25, 0.3) is 0 Å². The maximum absolute atomic E-state index is 11.8. The van der Waals surface area contributed by atoms with Crippen molar-refractivity contribution in [3.63, 3.8) is 0 Å². The van der Waals surface area contributed by atoms with Gasteiger partial charge >= 0.3 is 0 Å². The van der Waals surface area contributed by atoms with Crippen LogP contribution in [0.2, 0.25) is 10.0 Å². The van der Waals surface area contributed by atoms with Crippen LogP contribution in [0.15, 0.2) is 18.2 Å². The van der Waals surface area contributed by atoms with Crippen LogP contribution in [0.5, 0.6) is 0 Å². The number of nitrogens with one attached hydrogen (secondary N) is 1. The van der Waals surface area contributed by atoms with E-state index >= 15 is 0 Å². The quantitative estimate of drug-likeness (QED) is 0.675. The van der Waals surface area contributed by atoms with Crippen LogP contribution in [-0.4, -0.2) is 43.7 Å². The molecule has 0 aliphatic carbocycles. The lowest BCUT2D eigenvalue weighted by molar-refractivity contribution is -0.120. The fourth-order valence-corrected chi connectivity index (χ4v) is 3.26. The highest BCUT2D eigenvalue weighted by Crippen LogP contribution is 2.24. The molecular weight excluding hydrogens is 339 g/mol. The summed E-state index contributed by atoms with van der Waals surface area (Å²) in [5, 5.41) is 4.13. The number of thioether (sulfide) groups is 1. The molecule has 0 bridgehead atoms. The largest absolute Gasteiger partial charge is 0.356 e. The lowest BCUT2D eigenvalue weighted by Crippen LogP contribution is -2.32. The molecule has 6 heteroatoms. The van der Waals surface area contributed by atoms with Crippen LogP contribution in [0.25, 0.3) is 0 Å². The predicted molar refractivity (Wildman–Crippen MR) is 98.0 cm³/mol. The molecule has 124 valence electrons. The Morgan fingerprint density at radius 3 is 2.68 bits per heavy atom. The van der Waals surface area contributed by atoms with Gasteiger partial charge in [0.2, 0.25) is 5.91 Å². The molecule has 3 nitrogen and oxygen atoms in total. The SMILES string of the molecule is C[C@H](CNC(=O)CCSCc1ccc(Cl)c(Cl)c1)CN(C)C. The number of hydrogen-bond acceptors (Lipinski definition) is 3. The zero-order chi connectivity index (χ0) is 16.5. The molecule has 0 radical (unpaired) electrons. The monoisotopic (exact) mass is 362 g/mol. The summed E-state index contributed by atoms with van der Waals surface area (Å²) in [4.78, 5) is 13.9. The number of rotatable bonds is 9. The van der Waals surface area contributed by atoms with Gasteiger partial charge in [-0.15, -0.1) is 0 Å². The van der Waals surface area contributed by atoms with Crippen molar-refractivity contribution in [2.75, 3.05) is 32.9 Å². The minimum atomic E-state index is 0.118. The van der Waals surface area contributed by atoms with E-state index in [0.29, 0.717) is 22.4 Å². The van der Waals surface area contributed by atoms with Crippen molar-refractivity contribution in [1.29, 1.82) is 0 Å². The molecule has 1 rings (SSSR count). The Morgan fingerprint density at radius 2 is 2.05 bits per heavy atom. The van der Waals surface area contributed by atoms with Crippen LogP contribution in [-0.2, 0) is 10.5 Å². The van der Waals surface area contributed by atoms with Crippen molar-refractivity contribution >= 4 is 40.9 Å². The third kappa shape index (κ3) is 8.28. The van der Waals surface area contributed by atoms with E-state index in [2.05, 4.69) is 17.1 Å². The molecule has 0 saturated heterocycles. The van der Waals surface area contributed by atoms with E-state index in [0.717, 1.165) is 30.2 Å². The molecule has 0 fully saturated rings. The highest BCUT2D eigenvalue weighted by molar-refractivity contribution is 7.98. The van der Waals surface area contributed by atoms with Crippen LogP contribution in [0.4, 0.5) is 0 Å². The first-order chi connectivity index (χ1) is 10.4. The van der Waals surface area contributed by atoms with Gasteiger partial charge in [-0.3, -0.25) is 4.79 Å². The van der Waals surface area contributed by atoms with Gasteiger partial charge in [0.15, 0.2) is 0 Å². The summed E-state index contributed by atoms with van der Waals surface area (Å²) < 4.78 is 0. The number of halogens is 2. The van der Waals surface area contributed by atoms with E-state index in [1.165, 1.54) is 0 Å². The topological polar surface area (TPSA) is 32.3 Å². The summed E-state index contributed by atoms with van der Waals surface area (Å²) in [6.07, 6.45) is 0.542. The van der Waals surface area contributed by atoms with Gasteiger partial charge in [-0.1, -0.05) is 36.2 Å². The molecule has 1 N–H and O–H groups in total. The zero-order valence-corrected chi connectivity index (χ0v) is 15.7. The summed E-state index contributed by atoms with van der Waals surface area (Å²) in [6.45, 7) is 3.85. The molecule has 0 unspecified atom stereocenters. The fraction of sp³-hybridized carbons (Fsp3) is 0.562. The summed E-state index contributed by atoms with van der Waals surface area (Å²) in [5.74, 6) is 2.21. The highest BCUT2D eigenvalue weighted by Gasteiger charge is 2.07. The van der Waals surface area contributed by atoms with Crippen molar-refractivity contribution in [3.05, 3.63) is 33.8 Å². The molecule has 0 saturated carbocycles. The average Bonchev–Trinajstić information content (AvgIpc) is 2.44. The Morgan fingerprint density at radius 1 is 1.32 bits per heavy atom. The number of nitrogens with zero attached hydrogens (tertiary/aromatic N) is 1. The van der Waals surface area contributed by atoms with Crippen LogP contribution >= 0.6 is 35.0 Å². The molecule has 22 heavy (non-hydrogen) atoms. The van der Waals surface area contributed by atoms with Gasteiger partial charge in [-0.25, -0.2) is 0 Å². The molecular formula is C16H24Cl2N2OS. The standard InChI is InChI=1S/C16H24Cl2N2OS/c1-12(10-20(2)3)9-19-16(21)6-7-22-11-13-4-5-14(17)15(18)8-13/h4-5,8,12H,6-7,9-11H2,1-3H3,(H,19,21)/t12-/m1/s1. The molecule has 1 atom stereocenters. The van der Waals surface area contributed by atoms with Gasteiger partial charge in [0.05, 0.1) is 10.0 Å². The van der Waals surface area contributed by atoms with Crippen molar-refractivity contribution in [3.8, 4) is 0 Å². The van der Waals surface area contributed by atoms with Crippen LogP contribution in [0, 0.1) is 5.92 Å². The molecule has 1 amide bonds. The van der Waals surface area contributed by atoms with Gasteiger partial charge in [-0.2, -0.15) is 11.8 Å². The number of carbonyl (C=O) groups excluding carboxylic acids is 1. The lowest BCUT2D eigenvalue weighted by atomic mass is 10.1. The molecule has 0 aliphatic heterocycles. The van der Waals surface area contributed by atoms with Crippen molar-refractivity contribution < 1.29 is 4.79 Å². The Labute approximate surface area is 147 Å². The minimum Gasteiger partial charge on any atom is -0.356 e. The molecule has 0 spiro atoms. The van der Waals surface area contributed by atoms with Crippen LogP contribution in [0.3, 0.4) is 0 Å². The Hall–Kier alpha value is -0.420. The minimum absolute atomic E-state index is 0.118. The molecule has 1 aromatic carbocycles. The molecule has 1 aromatic rings. The zero-order valence-electron chi connectivity index (χ0n) is 13.4. The van der Waals surface area contributed by atoms with Crippen molar-refractivity contribution in [1.82, 2.24) is 10.2 Å². The average molecular weight is 363 g/mol. The normalized spacial score (nSPS) is 12.5. The second-order valence-electron chi connectivity index (χ2n) is 5.72. The molecule has 0 aliphatic rings. The smallest absolute Gasteiger partial charge is 0.220 e. The third-order valence-electron chi connectivity index (χ3n) is 3.05. The van der Waals surface area contributed by atoms with Crippen molar-refractivity contribution in [2.45, 2.75) is 19.1 Å². The maximum atomic E-state index is 11.8. The number of hydrogen-bond donors (Lipinski definition) is 1. The molecule has 0 heterocycles. The van der Waals surface area contributed by atoms with Gasteiger partial charge in [0.1, 0.15) is 0 Å². The third-order valence-corrected chi connectivity index (χ3v) is 4.82. The summed E-state index contributed by atoms with van der Waals surface area (Å²) in [6, 6.07) is 5.64. The Kier molecular flexibility index (Phi) is 9.25. The second-order valence-corrected chi connectivity index (χ2v) is 7.64. The lowest BCUT2D eigenvalue weighted by Gasteiger charge is -2.17. The summed E-state index contributed by atoms with van der Waals surface area (Å²) >= 11 is 13.6. The van der Waals surface area contributed by atoms with E-state index in [4.69, 9.17) is 23.2 Å². The van der Waals surface area contributed by atoms with Crippen LogP contribution < -0.4 is 5.32 Å². The molecule has 0 aromatic heterocycles. The fourth-order valence-electron chi connectivity index (χ4n) is 2.05. The first-order valence-electron chi connectivity index (χ1n) is 7.31. The van der Waals surface area contributed by atoms with Gasteiger partial charge < -0.3 is 10.2 Å². The second kappa shape index (κ2) is 10.4. The number of benzene rings is 1. The van der Waals surface area contributed by atoms with E-state index in [9.17, 15) is 4.79 Å². The first kappa shape index (κ1) is 19.6. The summed E-state index contributed by atoms with van der Waals surface area (Å²) in [7, 11) is 4.08. The van der Waals surface area contributed by atoms with E-state index in [-0.39, 0.29) is 5.91 Å². The summed E-state index contributed by atoms with van der Waals surface area (Å²) in [5.41, 5.74) is 1.12. The maximum Gasteiger partial charge on any atom is 0.220 e.